The number of rotatable bonds is 4. The van der Waals surface area contributed by atoms with Crippen molar-refractivity contribution >= 4 is 5.91 Å². The maximum absolute atomic E-state index is 13.0. The third-order valence-electron chi connectivity index (χ3n) is 6.41. The molecule has 2 aliphatic heterocycles. The van der Waals surface area contributed by atoms with Crippen molar-refractivity contribution in [2.45, 2.75) is 83.2 Å². The minimum absolute atomic E-state index is 0.0733. The number of carbonyl (C=O) groups excluding carboxylic acids is 1. The van der Waals surface area contributed by atoms with Crippen LogP contribution in [0.15, 0.2) is 18.2 Å². The number of benzene rings is 1. The zero-order valence-corrected chi connectivity index (χ0v) is 17.3. The van der Waals surface area contributed by atoms with Gasteiger partial charge in [0.05, 0.1) is 23.9 Å². The first-order valence-electron chi connectivity index (χ1n) is 10.8. The largest absolute Gasteiger partial charge is 0.491 e. The Hall–Kier alpha value is -1.59. The Bertz CT molecular complexity index is 719. The Morgan fingerprint density at radius 1 is 1.29 bits per heavy atom. The molecule has 4 rings (SSSR count). The average molecular weight is 388 g/mol. The summed E-state index contributed by atoms with van der Waals surface area (Å²) in [6.45, 7) is 7.35. The van der Waals surface area contributed by atoms with Gasteiger partial charge in [-0.3, -0.25) is 4.79 Å². The second kappa shape index (κ2) is 7.68. The van der Waals surface area contributed by atoms with E-state index in [1.54, 1.807) is 0 Å². The number of nitrogens with zero attached hydrogens (tertiary/aromatic N) is 1. The monoisotopic (exact) mass is 387 g/mol. The van der Waals surface area contributed by atoms with E-state index in [2.05, 4.69) is 0 Å². The third-order valence-corrected chi connectivity index (χ3v) is 6.41. The fourth-order valence-electron chi connectivity index (χ4n) is 4.75. The molecule has 3 fully saturated rings. The molecule has 1 aromatic carbocycles. The first-order valence-corrected chi connectivity index (χ1v) is 10.8. The van der Waals surface area contributed by atoms with Gasteiger partial charge in [-0.05, 0) is 82.6 Å². The molecule has 1 aromatic rings. The van der Waals surface area contributed by atoms with Gasteiger partial charge in [0.2, 0.25) is 0 Å². The van der Waals surface area contributed by atoms with Gasteiger partial charge in [-0.1, -0.05) is 0 Å². The highest BCUT2D eigenvalue weighted by molar-refractivity contribution is 5.94. The van der Waals surface area contributed by atoms with Crippen molar-refractivity contribution in [2.24, 2.45) is 5.92 Å². The number of piperidine rings is 1. The molecule has 2 saturated heterocycles. The highest BCUT2D eigenvalue weighted by atomic mass is 16.5. The van der Waals surface area contributed by atoms with E-state index in [1.165, 1.54) is 12.8 Å². The van der Waals surface area contributed by atoms with Crippen molar-refractivity contribution in [3.8, 4) is 5.75 Å². The number of carbonyl (C=O) groups is 1. The van der Waals surface area contributed by atoms with Gasteiger partial charge in [0, 0.05) is 25.1 Å². The van der Waals surface area contributed by atoms with Crippen LogP contribution in [0.1, 0.15) is 68.3 Å². The van der Waals surface area contributed by atoms with Crippen LogP contribution in [-0.2, 0) is 4.74 Å². The molecule has 0 unspecified atom stereocenters. The van der Waals surface area contributed by atoms with Crippen molar-refractivity contribution in [3.63, 3.8) is 0 Å². The number of likely N-dealkylation sites (tertiary alicyclic amines) is 1. The van der Waals surface area contributed by atoms with E-state index in [1.807, 2.05) is 43.9 Å². The molecule has 1 spiro atoms. The quantitative estimate of drug-likeness (QED) is 0.856. The van der Waals surface area contributed by atoms with Crippen molar-refractivity contribution in [2.75, 3.05) is 13.1 Å². The van der Waals surface area contributed by atoms with Crippen molar-refractivity contribution in [3.05, 3.63) is 29.3 Å². The Morgan fingerprint density at radius 3 is 2.61 bits per heavy atom. The van der Waals surface area contributed by atoms with Gasteiger partial charge >= 0.3 is 0 Å². The summed E-state index contributed by atoms with van der Waals surface area (Å²) in [6.07, 6.45) is 5.63. The molecule has 2 heterocycles. The predicted octanol–water partition coefficient (Wildman–Crippen LogP) is 3.71. The number of hydrogen-bond acceptors (Lipinski definition) is 4. The topological polar surface area (TPSA) is 59.0 Å². The van der Waals surface area contributed by atoms with E-state index >= 15 is 0 Å². The summed E-state index contributed by atoms with van der Waals surface area (Å²) in [7, 11) is 0. The fraction of sp³-hybridized carbons (Fsp3) is 0.696. The van der Waals surface area contributed by atoms with Gasteiger partial charge in [-0.2, -0.15) is 0 Å². The smallest absolute Gasteiger partial charge is 0.253 e. The zero-order chi connectivity index (χ0) is 19.9. The molecule has 0 radical (unpaired) electrons. The second-order valence-electron chi connectivity index (χ2n) is 9.21. The molecule has 1 amide bonds. The van der Waals surface area contributed by atoms with Gasteiger partial charge in [0.1, 0.15) is 5.75 Å². The van der Waals surface area contributed by atoms with Crippen LogP contribution in [0.4, 0.5) is 0 Å². The summed E-state index contributed by atoms with van der Waals surface area (Å²) < 4.78 is 12.3. The second-order valence-corrected chi connectivity index (χ2v) is 9.21. The van der Waals surface area contributed by atoms with Gasteiger partial charge in [-0.25, -0.2) is 0 Å². The van der Waals surface area contributed by atoms with Gasteiger partial charge < -0.3 is 19.5 Å². The minimum atomic E-state index is -0.266. The van der Waals surface area contributed by atoms with Gasteiger partial charge in [0.25, 0.3) is 5.91 Å². The lowest BCUT2D eigenvalue weighted by molar-refractivity contribution is -0.184. The summed E-state index contributed by atoms with van der Waals surface area (Å²) in [6, 6.07) is 5.69. The molecule has 1 saturated carbocycles. The summed E-state index contributed by atoms with van der Waals surface area (Å²) in [5.41, 5.74) is 1.45. The van der Waals surface area contributed by atoms with E-state index in [0.717, 1.165) is 30.6 Å². The maximum atomic E-state index is 13.0. The highest BCUT2D eigenvalue weighted by Crippen LogP contribution is 2.45. The lowest BCUT2D eigenvalue weighted by atomic mass is 9.81. The van der Waals surface area contributed by atoms with Crippen LogP contribution >= 0.6 is 0 Å². The molecule has 1 N–H and O–H groups in total. The summed E-state index contributed by atoms with van der Waals surface area (Å²) in [5.74, 6) is 1.55. The molecule has 5 nitrogen and oxygen atoms in total. The van der Waals surface area contributed by atoms with Crippen LogP contribution in [0.5, 0.6) is 5.75 Å². The van der Waals surface area contributed by atoms with Crippen LogP contribution in [0.3, 0.4) is 0 Å². The van der Waals surface area contributed by atoms with E-state index in [9.17, 15) is 9.90 Å². The number of ether oxygens (including phenoxy) is 2. The molecule has 2 atom stereocenters. The van der Waals surface area contributed by atoms with Crippen molar-refractivity contribution < 1.29 is 19.4 Å². The first kappa shape index (κ1) is 19.7. The summed E-state index contributed by atoms with van der Waals surface area (Å²) in [5, 5.41) is 10.4. The normalized spacial score (nSPS) is 27.2. The Kier molecular flexibility index (Phi) is 5.41. The van der Waals surface area contributed by atoms with E-state index in [-0.39, 0.29) is 29.8 Å². The Morgan fingerprint density at radius 2 is 2.00 bits per heavy atom. The number of amides is 1. The van der Waals surface area contributed by atoms with Crippen molar-refractivity contribution in [1.82, 2.24) is 4.90 Å². The lowest BCUT2D eigenvalue weighted by Gasteiger charge is -2.48. The van der Waals surface area contributed by atoms with E-state index < -0.39 is 0 Å². The van der Waals surface area contributed by atoms with Crippen molar-refractivity contribution in [1.29, 1.82) is 0 Å². The molecule has 154 valence electrons. The molecule has 0 aromatic heterocycles. The predicted molar refractivity (Wildman–Crippen MR) is 108 cm³/mol. The molecule has 1 aliphatic carbocycles. The molecule has 5 heteroatoms. The number of aliphatic hydroxyl groups excluding tert-OH is 1. The SMILES string of the molecule is Cc1cc(C(=O)N2CCC3(CC2)C[C@H](O)C[C@@H](C2CC2)O3)ccc1OC(C)C. The molecular formula is C23H33NO4. The van der Waals surface area contributed by atoms with Crippen LogP contribution in [0.25, 0.3) is 0 Å². The molecule has 3 aliphatic rings. The third kappa shape index (κ3) is 4.20. The van der Waals surface area contributed by atoms with Crippen LogP contribution < -0.4 is 4.74 Å². The van der Waals surface area contributed by atoms with Gasteiger partial charge in [-0.15, -0.1) is 0 Å². The Balaban J connectivity index is 1.39. The minimum Gasteiger partial charge on any atom is -0.491 e. The van der Waals surface area contributed by atoms with Crippen LogP contribution in [-0.4, -0.2) is 52.9 Å². The summed E-state index contributed by atoms with van der Waals surface area (Å²) >= 11 is 0. The number of hydrogen-bond donors (Lipinski definition) is 1. The fourth-order valence-corrected chi connectivity index (χ4v) is 4.75. The molecule has 28 heavy (non-hydrogen) atoms. The highest BCUT2D eigenvalue weighted by Gasteiger charge is 2.47. The summed E-state index contributed by atoms with van der Waals surface area (Å²) in [4.78, 5) is 14.9. The standard InChI is InChI=1S/C23H33NO4/c1-15(2)27-20-7-6-18(12-16(20)3)22(26)24-10-8-23(9-11-24)14-19(25)13-21(28-23)17-4-5-17/h6-7,12,15,17,19,21,25H,4-5,8-11,13-14H2,1-3H3/t19-,21+/m1/s1. The van der Waals surface area contributed by atoms with Gasteiger partial charge in [0.15, 0.2) is 0 Å². The zero-order valence-electron chi connectivity index (χ0n) is 17.3. The van der Waals surface area contributed by atoms with E-state index in [0.29, 0.717) is 31.0 Å². The van der Waals surface area contributed by atoms with Crippen LogP contribution in [0, 0.1) is 12.8 Å². The Labute approximate surface area is 168 Å². The number of aliphatic hydroxyl groups is 1. The average Bonchev–Trinajstić information content (AvgIpc) is 3.48. The lowest BCUT2D eigenvalue weighted by Crippen LogP contribution is -2.54. The molecule has 0 bridgehead atoms. The first-order chi connectivity index (χ1) is 13.3. The maximum Gasteiger partial charge on any atom is 0.253 e. The molecular weight excluding hydrogens is 354 g/mol. The van der Waals surface area contributed by atoms with Crippen LogP contribution in [0.2, 0.25) is 0 Å². The van der Waals surface area contributed by atoms with E-state index in [4.69, 9.17) is 9.47 Å². The number of aryl methyl sites for hydroxylation is 1.